The summed E-state index contributed by atoms with van der Waals surface area (Å²) in [5.41, 5.74) is 3.66. The van der Waals surface area contributed by atoms with Gasteiger partial charge in [-0.1, -0.05) is 69.3 Å². The zero-order chi connectivity index (χ0) is 17.3. The summed E-state index contributed by atoms with van der Waals surface area (Å²) in [5.74, 6) is 0. The van der Waals surface area contributed by atoms with E-state index in [0.717, 1.165) is 5.64 Å². The van der Waals surface area contributed by atoms with Crippen LogP contribution in [0.1, 0.15) is 31.9 Å². The van der Waals surface area contributed by atoms with E-state index in [0.29, 0.717) is 6.61 Å². The number of nitrogens with zero attached hydrogens (tertiary/aromatic N) is 1. The molecule has 0 bridgehead atoms. The van der Waals surface area contributed by atoms with Crippen molar-refractivity contribution in [2.75, 3.05) is 6.61 Å². The Hall–Kier alpha value is -1.66. The lowest BCUT2D eigenvalue weighted by Gasteiger charge is -2.22. The molecule has 1 aliphatic heterocycles. The number of hydrogen-bond acceptors (Lipinski definition) is 2. The minimum absolute atomic E-state index is 0.125. The van der Waals surface area contributed by atoms with Crippen molar-refractivity contribution in [3.63, 3.8) is 0 Å². The molecule has 1 aliphatic rings. The maximum absolute atomic E-state index is 6.15. The number of aryl methyl sites for hydroxylation is 2. The summed E-state index contributed by atoms with van der Waals surface area (Å²) in [6.45, 7) is 11.8. The maximum atomic E-state index is 6.15. The topological polar surface area (TPSA) is 21.6 Å². The Bertz CT molecular complexity index is 715. The van der Waals surface area contributed by atoms with E-state index < -0.39 is 7.92 Å². The van der Waals surface area contributed by atoms with E-state index in [9.17, 15) is 0 Å². The van der Waals surface area contributed by atoms with Gasteiger partial charge in [0.2, 0.25) is 5.64 Å². The SMILES string of the molecule is Cc1ccccc1P(C1=N[C@@H](C(C)(C)C)CO1)c1ccccc1C. The molecular formula is C21H26NOP. The van der Waals surface area contributed by atoms with Crippen LogP contribution in [-0.4, -0.2) is 18.3 Å². The van der Waals surface area contributed by atoms with Crippen molar-refractivity contribution >= 4 is 24.2 Å². The average Bonchev–Trinajstić information content (AvgIpc) is 3.01. The largest absolute Gasteiger partial charge is 0.475 e. The van der Waals surface area contributed by atoms with Crippen LogP contribution in [0.3, 0.4) is 0 Å². The molecule has 0 radical (unpaired) electrons. The van der Waals surface area contributed by atoms with Gasteiger partial charge < -0.3 is 4.74 Å². The Balaban J connectivity index is 2.11. The summed E-state index contributed by atoms with van der Waals surface area (Å²) in [6.07, 6.45) is 0. The van der Waals surface area contributed by atoms with Gasteiger partial charge in [-0.15, -0.1) is 0 Å². The van der Waals surface area contributed by atoms with Crippen LogP contribution in [0.5, 0.6) is 0 Å². The molecular weight excluding hydrogens is 313 g/mol. The Kier molecular flexibility index (Phi) is 4.78. The van der Waals surface area contributed by atoms with Crippen LogP contribution in [0.4, 0.5) is 0 Å². The number of hydrogen-bond donors (Lipinski definition) is 0. The Labute approximate surface area is 146 Å². The molecule has 0 unspecified atom stereocenters. The smallest absolute Gasteiger partial charge is 0.215 e. The van der Waals surface area contributed by atoms with Gasteiger partial charge in [0.1, 0.15) is 6.61 Å². The molecule has 0 N–H and O–H groups in total. The molecule has 0 saturated carbocycles. The lowest BCUT2D eigenvalue weighted by Crippen LogP contribution is -2.25. The number of ether oxygens (including phenoxy) is 1. The van der Waals surface area contributed by atoms with Crippen LogP contribution in [0, 0.1) is 19.3 Å². The van der Waals surface area contributed by atoms with Crippen molar-refractivity contribution < 1.29 is 4.74 Å². The van der Waals surface area contributed by atoms with Gasteiger partial charge in [0.25, 0.3) is 0 Å². The van der Waals surface area contributed by atoms with Crippen molar-refractivity contribution in [1.29, 1.82) is 0 Å². The molecule has 3 heteroatoms. The highest BCUT2D eigenvalue weighted by molar-refractivity contribution is 7.87. The minimum Gasteiger partial charge on any atom is -0.475 e. The van der Waals surface area contributed by atoms with Gasteiger partial charge in [-0.25, -0.2) is 4.99 Å². The second-order valence-corrected chi connectivity index (χ2v) is 9.53. The van der Waals surface area contributed by atoms with Crippen LogP contribution < -0.4 is 10.6 Å². The first-order valence-electron chi connectivity index (χ1n) is 8.50. The van der Waals surface area contributed by atoms with Gasteiger partial charge in [-0.3, -0.25) is 0 Å². The Morgan fingerprint density at radius 3 is 1.83 bits per heavy atom. The molecule has 24 heavy (non-hydrogen) atoms. The first kappa shape index (κ1) is 17.2. The number of aliphatic imine (C=N–C) groups is 1. The lowest BCUT2D eigenvalue weighted by molar-refractivity contribution is 0.238. The monoisotopic (exact) mass is 339 g/mol. The lowest BCUT2D eigenvalue weighted by atomic mass is 9.88. The van der Waals surface area contributed by atoms with Crippen LogP contribution in [-0.2, 0) is 4.74 Å². The van der Waals surface area contributed by atoms with E-state index in [1.54, 1.807) is 0 Å². The number of benzene rings is 2. The molecule has 1 heterocycles. The summed E-state index contributed by atoms with van der Waals surface area (Å²) in [7, 11) is -0.740. The summed E-state index contributed by atoms with van der Waals surface area (Å²) < 4.78 is 6.15. The Morgan fingerprint density at radius 1 is 0.917 bits per heavy atom. The van der Waals surface area contributed by atoms with Crippen LogP contribution in [0.25, 0.3) is 0 Å². The van der Waals surface area contributed by atoms with Crippen molar-refractivity contribution in [2.45, 2.75) is 40.7 Å². The van der Waals surface area contributed by atoms with Crippen molar-refractivity contribution in [3.8, 4) is 0 Å². The van der Waals surface area contributed by atoms with E-state index >= 15 is 0 Å². The van der Waals surface area contributed by atoms with E-state index in [-0.39, 0.29) is 11.5 Å². The van der Waals surface area contributed by atoms with E-state index in [4.69, 9.17) is 9.73 Å². The van der Waals surface area contributed by atoms with E-state index in [2.05, 4.69) is 83.1 Å². The molecule has 0 spiro atoms. The summed E-state index contributed by atoms with van der Waals surface area (Å²) in [6, 6.07) is 17.5. The predicted molar refractivity (Wildman–Crippen MR) is 105 cm³/mol. The molecule has 1 atom stereocenters. The van der Waals surface area contributed by atoms with Crippen molar-refractivity contribution in [1.82, 2.24) is 0 Å². The summed E-state index contributed by atoms with van der Waals surface area (Å²) in [5, 5.41) is 2.69. The molecule has 0 aliphatic carbocycles. The second-order valence-electron chi connectivity index (χ2n) is 7.51. The minimum atomic E-state index is -0.740. The molecule has 3 rings (SSSR count). The third kappa shape index (κ3) is 3.39. The molecule has 0 aromatic heterocycles. The second kappa shape index (κ2) is 6.69. The average molecular weight is 339 g/mol. The first-order chi connectivity index (χ1) is 11.4. The zero-order valence-electron chi connectivity index (χ0n) is 15.2. The highest BCUT2D eigenvalue weighted by Crippen LogP contribution is 2.42. The van der Waals surface area contributed by atoms with Crippen molar-refractivity contribution in [2.24, 2.45) is 10.4 Å². The van der Waals surface area contributed by atoms with E-state index in [1.165, 1.54) is 21.7 Å². The van der Waals surface area contributed by atoms with Gasteiger partial charge in [0.15, 0.2) is 0 Å². The summed E-state index contributed by atoms with van der Waals surface area (Å²) in [4.78, 5) is 5.02. The van der Waals surface area contributed by atoms with Gasteiger partial charge in [0.05, 0.1) is 6.04 Å². The highest BCUT2D eigenvalue weighted by Gasteiger charge is 2.35. The van der Waals surface area contributed by atoms with Gasteiger partial charge in [0, 0.05) is 7.92 Å². The quantitative estimate of drug-likeness (QED) is 0.753. The van der Waals surface area contributed by atoms with Crippen LogP contribution in [0.15, 0.2) is 53.5 Å². The van der Waals surface area contributed by atoms with E-state index in [1.807, 2.05) is 0 Å². The molecule has 0 fully saturated rings. The third-order valence-electron chi connectivity index (χ3n) is 4.54. The Morgan fingerprint density at radius 2 is 1.42 bits per heavy atom. The van der Waals surface area contributed by atoms with Gasteiger partial charge in [-0.2, -0.15) is 0 Å². The standard InChI is InChI=1S/C21H26NOP/c1-15-10-6-8-12-17(15)24(18-13-9-7-11-16(18)2)20-22-19(14-23-20)21(3,4)5/h6-13,19H,14H2,1-5H3/t19-/m1/s1. The zero-order valence-corrected chi connectivity index (χ0v) is 16.1. The highest BCUT2D eigenvalue weighted by atomic mass is 31.1. The van der Waals surface area contributed by atoms with Gasteiger partial charge in [-0.05, 0) is 41.0 Å². The third-order valence-corrected chi connectivity index (χ3v) is 7.13. The molecule has 0 saturated heterocycles. The van der Waals surface area contributed by atoms with Crippen LogP contribution >= 0.6 is 7.92 Å². The molecule has 2 nitrogen and oxygen atoms in total. The molecule has 126 valence electrons. The predicted octanol–water partition coefficient (Wildman–Crippen LogP) is 4.54. The van der Waals surface area contributed by atoms with Crippen LogP contribution in [0.2, 0.25) is 0 Å². The van der Waals surface area contributed by atoms with Crippen molar-refractivity contribution in [3.05, 3.63) is 59.7 Å². The summed E-state index contributed by atoms with van der Waals surface area (Å²) >= 11 is 0. The number of rotatable bonds is 3. The fourth-order valence-corrected chi connectivity index (χ4v) is 5.35. The molecule has 0 amide bonds. The molecule has 2 aromatic carbocycles. The first-order valence-corrected chi connectivity index (χ1v) is 9.84. The molecule has 2 aromatic rings. The fraction of sp³-hybridized carbons (Fsp3) is 0.381. The maximum Gasteiger partial charge on any atom is 0.215 e. The van der Waals surface area contributed by atoms with Gasteiger partial charge >= 0.3 is 0 Å². The normalized spacial score (nSPS) is 17.8. The fourth-order valence-electron chi connectivity index (χ4n) is 2.89.